The molecule has 0 bridgehead atoms. The molecule has 1 aliphatic rings. The molecule has 2 rings (SSSR count). The van der Waals surface area contributed by atoms with Gasteiger partial charge in [-0.3, -0.25) is 9.69 Å². The van der Waals surface area contributed by atoms with E-state index < -0.39 is 18.1 Å². The second-order valence-electron chi connectivity index (χ2n) is 4.33. The summed E-state index contributed by atoms with van der Waals surface area (Å²) in [5.41, 5.74) is 0.896. The van der Waals surface area contributed by atoms with Gasteiger partial charge in [0.15, 0.2) is 0 Å². The smallest absolute Gasteiger partial charge is 0.410 e. The quantitative estimate of drug-likeness (QED) is 0.770. The molecule has 1 heterocycles. The van der Waals surface area contributed by atoms with Crippen LogP contribution >= 0.6 is 0 Å². The summed E-state index contributed by atoms with van der Waals surface area (Å²) >= 11 is 0. The standard InChI is InChI=1S/C13H14BNO4/c14-19-12(16)11-7-4-8-15(11)13(17)18-9-10-5-2-1-3-6-10/h1-3,5-6,11H,4,7-9H2/t11-/m0/s1. The Morgan fingerprint density at radius 2 is 2.05 bits per heavy atom. The topological polar surface area (TPSA) is 55.8 Å². The Hall–Kier alpha value is -1.98. The van der Waals surface area contributed by atoms with Crippen LogP contribution in [0.1, 0.15) is 18.4 Å². The minimum Gasteiger partial charge on any atom is -0.542 e. The lowest BCUT2D eigenvalue weighted by Crippen LogP contribution is -2.41. The summed E-state index contributed by atoms with van der Waals surface area (Å²) in [5, 5.41) is 0. The number of benzene rings is 1. The minimum atomic E-state index is -0.631. The fourth-order valence-electron chi connectivity index (χ4n) is 2.11. The molecular weight excluding hydrogens is 245 g/mol. The maximum Gasteiger partial charge on any atom is 0.410 e. The highest BCUT2D eigenvalue weighted by atomic mass is 16.6. The van der Waals surface area contributed by atoms with Crippen LogP contribution in [0.2, 0.25) is 0 Å². The fourth-order valence-corrected chi connectivity index (χ4v) is 2.11. The summed E-state index contributed by atoms with van der Waals surface area (Å²) < 4.78 is 9.36. The zero-order valence-electron chi connectivity index (χ0n) is 10.5. The zero-order valence-corrected chi connectivity index (χ0v) is 10.5. The highest BCUT2D eigenvalue weighted by Crippen LogP contribution is 2.19. The molecular formula is C13H14BNO4. The Bertz CT molecular complexity index is 451. The van der Waals surface area contributed by atoms with Gasteiger partial charge in [-0.05, 0) is 18.4 Å². The van der Waals surface area contributed by atoms with Gasteiger partial charge < -0.3 is 9.39 Å². The number of hydrogen-bond acceptors (Lipinski definition) is 4. The first kappa shape index (κ1) is 13.5. The summed E-state index contributed by atoms with van der Waals surface area (Å²) in [6, 6.07) is 8.72. The van der Waals surface area contributed by atoms with Crippen molar-refractivity contribution in [3.63, 3.8) is 0 Å². The molecule has 0 aromatic heterocycles. The van der Waals surface area contributed by atoms with Crippen molar-refractivity contribution >= 4 is 20.1 Å². The summed E-state index contributed by atoms with van der Waals surface area (Å²) in [7, 11) is 4.85. The predicted molar refractivity (Wildman–Crippen MR) is 68.2 cm³/mol. The SMILES string of the molecule is [B]OC(=O)[C@@H]1CCCN1C(=O)OCc1ccccc1. The number of carbonyl (C=O) groups excluding carboxylic acids is 2. The molecule has 19 heavy (non-hydrogen) atoms. The van der Waals surface area contributed by atoms with E-state index >= 15 is 0 Å². The van der Waals surface area contributed by atoms with Crippen molar-refractivity contribution in [1.29, 1.82) is 0 Å². The van der Waals surface area contributed by atoms with Crippen LogP contribution in [0.4, 0.5) is 4.79 Å². The third-order valence-corrected chi connectivity index (χ3v) is 3.08. The maximum atomic E-state index is 11.9. The minimum absolute atomic E-state index is 0.181. The number of ether oxygens (including phenoxy) is 1. The van der Waals surface area contributed by atoms with Crippen LogP contribution in [0, 0.1) is 0 Å². The Morgan fingerprint density at radius 1 is 1.32 bits per heavy atom. The molecule has 1 saturated heterocycles. The van der Waals surface area contributed by atoms with E-state index in [4.69, 9.17) is 12.8 Å². The van der Waals surface area contributed by atoms with Crippen molar-refractivity contribution in [2.75, 3.05) is 6.54 Å². The van der Waals surface area contributed by atoms with Gasteiger partial charge in [-0.1, -0.05) is 30.3 Å². The monoisotopic (exact) mass is 259 g/mol. The Kier molecular flexibility index (Phi) is 4.44. The van der Waals surface area contributed by atoms with Gasteiger partial charge in [0, 0.05) is 6.54 Å². The van der Waals surface area contributed by atoms with Crippen molar-refractivity contribution < 1.29 is 19.0 Å². The molecule has 2 radical (unpaired) electrons. The van der Waals surface area contributed by atoms with Crippen LogP contribution in [0.15, 0.2) is 30.3 Å². The van der Waals surface area contributed by atoms with E-state index in [9.17, 15) is 9.59 Å². The highest BCUT2D eigenvalue weighted by Gasteiger charge is 2.35. The number of hydrogen-bond donors (Lipinski definition) is 0. The summed E-state index contributed by atoms with van der Waals surface area (Å²) in [5.74, 6) is -0.603. The number of carbonyl (C=O) groups is 2. The molecule has 6 heteroatoms. The Morgan fingerprint density at radius 3 is 2.74 bits per heavy atom. The molecule has 0 aliphatic carbocycles. The summed E-state index contributed by atoms with van der Waals surface area (Å²) in [6.07, 6.45) is 0.771. The lowest BCUT2D eigenvalue weighted by molar-refractivity contribution is -0.138. The van der Waals surface area contributed by atoms with Crippen LogP contribution in [-0.4, -0.2) is 37.6 Å². The molecule has 1 amide bonds. The van der Waals surface area contributed by atoms with Gasteiger partial charge in [-0.15, -0.1) is 0 Å². The average Bonchev–Trinajstić information content (AvgIpc) is 2.94. The molecule has 5 nitrogen and oxygen atoms in total. The van der Waals surface area contributed by atoms with Gasteiger partial charge in [0.2, 0.25) is 0 Å². The van der Waals surface area contributed by atoms with Gasteiger partial charge in [0.1, 0.15) is 12.6 Å². The Labute approximate surface area is 112 Å². The van der Waals surface area contributed by atoms with Crippen LogP contribution in [0.5, 0.6) is 0 Å². The van der Waals surface area contributed by atoms with Gasteiger partial charge in [-0.2, -0.15) is 0 Å². The number of amides is 1. The molecule has 1 aliphatic heterocycles. The van der Waals surface area contributed by atoms with Gasteiger partial charge in [0.05, 0.1) is 0 Å². The highest BCUT2D eigenvalue weighted by molar-refractivity contribution is 6.06. The molecule has 0 N–H and O–H groups in total. The molecule has 1 aromatic rings. The van der Waals surface area contributed by atoms with E-state index in [1.807, 2.05) is 30.3 Å². The summed E-state index contributed by atoms with van der Waals surface area (Å²) in [6.45, 7) is 0.661. The fraction of sp³-hybridized carbons (Fsp3) is 0.385. The first-order chi connectivity index (χ1) is 9.22. The van der Waals surface area contributed by atoms with Crippen molar-refractivity contribution in [3.05, 3.63) is 35.9 Å². The van der Waals surface area contributed by atoms with E-state index in [1.165, 1.54) is 4.90 Å². The van der Waals surface area contributed by atoms with E-state index in [-0.39, 0.29) is 6.61 Å². The van der Waals surface area contributed by atoms with E-state index in [0.29, 0.717) is 13.0 Å². The molecule has 1 atom stereocenters. The molecule has 1 aromatic carbocycles. The van der Waals surface area contributed by atoms with Crippen LogP contribution in [-0.2, 0) is 20.8 Å². The number of rotatable bonds is 3. The molecule has 98 valence electrons. The predicted octanol–water partition coefficient (Wildman–Crippen LogP) is 1.41. The second-order valence-corrected chi connectivity index (χ2v) is 4.33. The molecule has 0 saturated carbocycles. The van der Waals surface area contributed by atoms with Crippen molar-refractivity contribution in [1.82, 2.24) is 4.90 Å². The first-order valence-corrected chi connectivity index (χ1v) is 6.10. The van der Waals surface area contributed by atoms with Crippen LogP contribution in [0.25, 0.3) is 0 Å². The van der Waals surface area contributed by atoms with Crippen molar-refractivity contribution in [2.24, 2.45) is 0 Å². The number of likely N-dealkylation sites (tertiary alicyclic amines) is 1. The largest absolute Gasteiger partial charge is 0.542 e. The van der Waals surface area contributed by atoms with Gasteiger partial charge >= 0.3 is 20.1 Å². The molecule has 0 spiro atoms. The van der Waals surface area contributed by atoms with Gasteiger partial charge in [-0.25, -0.2) is 4.79 Å². The van der Waals surface area contributed by atoms with E-state index in [2.05, 4.69) is 4.65 Å². The molecule has 0 unspecified atom stereocenters. The zero-order chi connectivity index (χ0) is 13.7. The van der Waals surface area contributed by atoms with E-state index in [1.54, 1.807) is 0 Å². The first-order valence-electron chi connectivity index (χ1n) is 6.10. The normalized spacial score (nSPS) is 18.1. The maximum absolute atomic E-state index is 11.9. The molecule has 1 fully saturated rings. The third kappa shape index (κ3) is 3.27. The summed E-state index contributed by atoms with van der Waals surface area (Å²) in [4.78, 5) is 24.7. The third-order valence-electron chi connectivity index (χ3n) is 3.08. The second kappa shape index (κ2) is 6.27. The van der Waals surface area contributed by atoms with Crippen LogP contribution in [0.3, 0.4) is 0 Å². The van der Waals surface area contributed by atoms with Crippen molar-refractivity contribution in [2.45, 2.75) is 25.5 Å². The van der Waals surface area contributed by atoms with Crippen molar-refractivity contribution in [3.8, 4) is 0 Å². The van der Waals surface area contributed by atoms with Crippen LogP contribution < -0.4 is 0 Å². The Balaban J connectivity index is 1.90. The lowest BCUT2D eigenvalue weighted by atomic mass is 10.2. The van der Waals surface area contributed by atoms with E-state index in [0.717, 1.165) is 12.0 Å². The number of nitrogens with zero attached hydrogens (tertiary/aromatic N) is 1. The average molecular weight is 259 g/mol. The lowest BCUT2D eigenvalue weighted by Gasteiger charge is -2.22. The van der Waals surface area contributed by atoms with Gasteiger partial charge in [0.25, 0.3) is 0 Å².